The summed E-state index contributed by atoms with van der Waals surface area (Å²) in [5.74, 6) is 1.80. The monoisotopic (exact) mass is 291 g/mol. The average molecular weight is 292 g/mol. The van der Waals surface area contributed by atoms with Gasteiger partial charge in [-0.3, -0.25) is 0 Å². The van der Waals surface area contributed by atoms with Crippen molar-refractivity contribution in [2.75, 3.05) is 6.54 Å². The minimum atomic E-state index is 0.626. The van der Waals surface area contributed by atoms with Crippen LogP contribution in [0.5, 0.6) is 0 Å². The predicted octanol–water partition coefficient (Wildman–Crippen LogP) is 5.10. The number of thiophene rings is 1. The first-order chi connectivity index (χ1) is 9.83. The highest BCUT2D eigenvalue weighted by molar-refractivity contribution is 7.12. The van der Waals surface area contributed by atoms with Gasteiger partial charge in [-0.15, -0.1) is 11.3 Å². The molecule has 112 valence electrons. The lowest BCUT2D eigenvalue weighted by Crippen LogP contribution is -2.34. The molecule has 20 heavy (non-hydrogen) atoms. The fourth-order valence-corrected chi connectivity index (χ4v) is 5.78. The van der Waals surface area contributed by atoms with Crippen molar-refractivity contribution in [3.05, 3.63) is 21.4 Å². The third kappa shape index (κ3) is 2.82. The van der Waals surface area contributed by atoms with Gasteiger partial charge in [0.05, 0.1) is 0 Å². The van der Waals surface area contributed by atoms with Gasteiger partial charge < -0.3 is 5.32 Å². The van der Waals surface area contributed by atoms with Gasteiger partial charge in [0.1, 0.15) is 0 Å². The van der Waals surface area contributed by atoms with Gasteiger partial charge in [0.2, 0.25) is 0 Å². The van der Waals surface area contributed by atoms with Gasteiger partial charge in [0.25, 0.3) is 0 Å². The van der Waals surface area contributed by atoms with E-state index in [0.717, 1.165) is 18.4 Å². The van der Waals surface area contributed by atoms with E-state index in [1.165, 1.54) is 51.4 Å². The highest BCUT2D eigenvalue weighted by Crippen LogP contribution is 2.43. The van der Waals surface area contributed by atoms with Crippen molar-refractivity contribution >= 4 is 11.3 Å². The van der Waals surface area contributed by atoms with Gasteiger partial charge in [-0.1, -0.05) is 39.5 Å². The lowest BCUT2D eigenvalue weighted by Gasteiger charge is -2.37. The van der Waals surface area contributed by atoms with Crippen LogP contribution in [0.2, 0.25) is 0 Å². The molecule has 3 rings (SSSR count). The third-order valence-corrected chi connectivity index (χ3v) is 6.74. The van der Waals surface area contributed by atoms with E-state index >= 15 is 0 Å². The third-order valence-electron chi connectivity index (χ3n) is 5.42. The maximum atomic E-state index is 3.83. The summed E-state index contributed by atoms with van der Waals surface area (Å²) in [6.45, 7) is 5.75. The molecule has 0 spiro atoms. The van der Waals surface area contributed by atoms with E-state index in [0.29, 0.717) is 6.04 Å². The molecule has 0 aliphatic heterocycles. The molecule has 1 nitrogen and oxygen atoms in total. The van der Waals surface area contributed by atoms with Crippen molar-refractivity contribution in [3.8, 4) is 0 Å². The van der Waals surface area contributed by atoms with Gasteiger partial charge in [0, 0.05) is 15.8 Å². The van der Waals surface area contributed by atoms with Crippen molar-refractivity contribution in [3.63, 3.8) is 0 Å². The molecule has 0 amide bonds. The zero-order valence-corrected chi connectivity index (χ0v) is 13.9. The molecule has 2 aliphatic rings. The van der Waals surface area contributed by atoms with Crippen LogP contribution in [0.15, 0.2) is 6.07 Å². The predicted molar refractivity (Wildman–Crippen MR) is 88.5 cm³/mol. The zero-order valence-electron chi connectivity index (χ0n) is 13.1. The van der Waals surface area contributed by atoms with Crippen LogP contribution in [-0.2, 0) is 12.8 Å². The number of hydrogen-bond donors (Lipinski definition) is 1. The van der Waals surface area contributed by atoms with E-state index in [4.69, 9.17) is 0 Å². The minimum Gasteiger partial charge on any atom is -0.309 e. The summed E-state index contributed by atoms with van der Waals surface area (Å²) in [7, 11) is 0. The van der Waals surface area contributed by atoms with Gasteiger partial charge in [-0.05, 0) is 55.7 Å². The highest BCUT2D eigenvalue weighted by Gasteiger charge is 2.33. The topological polar surface area (TPSA) is 12.0 Å². The molecule has 0 radical (unpaired) electrons. The second kappa shape index (κ2) is 6.62. The van der Waals surface area contributed by atoms with E-state index in [1.807, 2.05) is 0 Å². The Labute approximate surface area is 128 Å². The number of aryl methyl sites for hydroxylation is 2. The van der Waals surface area contributed by atoms with Crippen molar-refractivity contribution in [2.24, 2.45) is 11.8 Å². The van der Waals surface area contributed by atoms with Crippen molar-refractivity contribution in [1.82, 2.24) is 5.32 Å². The van der Waals surface area contributed by atoms with Crippen LogP contribution in [0.3, 0.4) is 0 Å². The number of hydrogen-bond acceptors (Lipinski definition) is 2. The normalized spacial score (nSPS) is 27.5. The second-order valence-electron chi connectivity index (χ2n) is 6.60. The summed E-state index contributed by atoms with van der Waals surface area (Å²) < 4.78 is 0. The lowest BCUT2D eigenvalue weighted by molar-refractivity contribution is 0.178. The Kier molecular flexibility index (Phi) is 4.83. The Morgan fingerprint density at radius 1 is 1.20 bits per heavy atom. The minimum absolute atomic E-state index is 0.626. The molecule has 1 heterocycles. The Balaban J connectivity index is 1.83. The molecule has 0 aromatic carbocycles. The van der Waals surface area contributed by atoms with Crippen LogP contribution in [-0.4, -0.2) is 6.54 Å². The van der Waals surface area contributed by atoms with Gasteiger partial charge >= 0.3 is 0 Å². The quantitative estimate of drug-likeness (QED) is 0.795. The largest absolute Gasteiger partial charge is 0.309 e. The molecule has 3 unspecified atom stereocenters. The molecular formula is C18H29NS. The van der Waals surface area contributed by atoms with E-state index in [-0.39, 0.29) is 0 Å². The molecule has 1 fully saturated rings. The molecule has 2 aliphatic carbocycles. The Morgan fingerprint density at radius 3 is 2.80 bits per heavy atom. The van der Waals surface area contributed by atoms with E-state index in [9.17, 15) is 0 Å². The zero-order chi connectivity index (χ0) is 13.9. The van der Waals surface area contributed by atoms with Crippen molar-refractivity contribution in [1.29, 1.82) is 0 Å². The fraction of sp³-hybridized carbons (Fsp3) is 0.778. The van der Waals surface area contributed by atoms with Crippen molar-refractivity contribution in [2.45, 2.75) is 71.3 Å². The van der Waals surface area contributed by atoms with E-state index < -0.39 is 0 Å². The summed E-state index contributed by atoms with van der Waals surface area (Å²) >= 11 is 2.11. The van der Waals surface area contributed by atoms with Gasteiger partial charge in [-0.25, -0.2) is 0 Å². The molecule has 0 bridgehead atoms. The SMILES string of the molecule is CCNC(c1cc2c(s1)CCC2)C1CCCCC1CC. The standard InChI is InChI=1S/C18H29NS/c1-3-13-8-5-6-10-15(13)18(19-4-2)17-12-14-9-7-11-16(14)20-17/h12-13,15,18-19H,3-11H2,1-2H3. The number of rotatable bonds is 5. The fourth-order valence-electron chi connectivity index (χ4n) is 4.37. The first-order valence-corrected chi connectivity index (χ1v) is 9.50. The number of fused-ring (bicyclic) bond motifs is 1. The second-order valence-corrected chi connectivity index (χ2v) is 7.77. The Bertz CT molecular complexity index is 415. The maximum Gasteiger partial charge on any atom is 0.0446 e. The summed E-state index contributed by atoms with van der Waals surface area (Å²) in [6, 6.07) is 3.17. The van der Waals surface area contributed by atoms with Crippen LogP contribution in [0.4, 0.5) is 0 Å². The smallest absolute Gasteiger partial charge is 0.0446 e. The van der Waals surface area contributed by atoms with Crippen LogP contribution in [0, 0.1) is 11.8 Å². The molecule has 3 atom stereocenters. The van der Waals surface area contributed by atoms with Crippen LogP contribution >= 0.6 is 11.3 Å². The number of nitrogens with one attached hydrogen (secondary N) is 1. The van der Waals surface area contributed by atoms with Crippen LogP contribution in [0.1, 0.15) is 73.7 Å². The molecule has 1 aromatic heterocycles. The van der Waals surface area contributed by atoms with Crippen LogP contribution in [0.25, 0.3) is 0 Å². The summed E-state index contributed by atoms with van der Waals surface area (Å²) in [4.78, 5) is 3.33. The molecule has 1 aromatic rings. The van der Waals surface area contributed by atoms with Gasteiger partial charge in [-0.2, -0.15) is 0 Å². The first-order valence-electron chi connectivity index (χ1n) is 8.68. The van der Waals surface area contributed by atoms with E-state index in [2.05, 4.69) is 36.6 Å². The summed E-state index contributed by atoms with van der Waals surface area (Å²) in [6.07, 6.45) is 11.2. The average Bonchev–Trinajstić information content (AvgIpc) is 3.06. The molecule has 1 N–H and O–H groups in total. The maximum absolute atomic E-state index is 3.83. The molecular weight excluding hydrogens is 262 g/mol. The Morgan fingerprint density at radius 2 is 2.05 bits per heavy atom. The molecule has 1 saturated carbocycles. The van der Waals surface area contributed by atoms with Crippen molar-refractivity contribution < 1.29 is 0 Å². The lowest BCUT2D eigenvalue weighted by atomic mass is 9.73. The molecule has 2 heteroatoms. The molecule has 0 saturated heterocycles. The first kappa shape index (κ1) is 14.6. The van der Waals surface area contributed by atoms with Gasteiger partial charge in [0.15, 0.2) is 0 Å². The summed E-state index contributed by atoms with van der Waals surface area (Å²) in [5.41, 5.74) is 1.66. The Hall–Kier alpha value is -0.340. The van der Waals surface area contributed by atoms with Crippen LogP contribution < -0.4 is 5.32 Å². The summed E-state index contributed by atoms with van der Waals surface area (Å²) in [5, 5.41) is 3.83. The highest BCUT2D eigenvalue weighted by atomic mass is 32.1. The van der Waals surface area contributed by atoms with E-state index in [1.54, 1.807) is 15.3 Å².